The van der Waals surface area contributed by atoms with Gasteiger partial charge >= 0.3 is 0 Å². The lowest BCUT2D eigenvalue weighted by Gasteiger charge is -2.36. The van der Waals surface area contributed by atoms with Crippen LogP contribution in [0.5, 0.6) is 11.5 Å². The molecule has 4 amide bonds. The number of ether oxygens (including phenoxy) is 2. The average Bonchev–Trinajstić information content (AvgIpc) is 3.34. The Hall–Kier alpha value is -3.43. The van der Waals surface area contributed by atoms with Crippen molar-refractivity contribution in [1.82, 2.24) is 14.8 Å². The van der Waals surface area contributed by atoms with Crippen LogP contribution in [-0.4, -0.2) is 84.0 Å². The van der Waals surface area contributed by atoms with Gasteiger partial charge in [-0.25, -0.2) is 5.01 Å². The molecule has 2 fully saturated rings. The van der Waals surface area contributed by atoms with Gasteiger partial charge in [0.05, 0.1) is 31.4 Å². The van der Waals surface area contributed by atoms with E-state index in [4.69, 9.17) is 14.6 Å². The maximum absolute atomic E-state index is 13.5. The Bertz CT molecular complexity index is 1060. The maximum atomic E-state index is 13.5. The Morgan fingerprint density at radius 3 is 2.26 bits per heavy atom. The molecule has 3 heterocycles. The van der Waals surface area contributed by atoms with Gasteiger partial charge in [-0.3, -0.25) is 24.1 Å². The third-order valence-corrected chi connectivity index (χ3v) is 7.39. The quantitative estimate of drug-likeness (QED) is 0.546. The summed E-state index contributed by atoms with van der Waals surface area (Å²) in [5.74, 6) is 0.286. The predicted molar refractivity (Wildman–Crippen MR) is 127 cm³/mol. The number of hydrazone groups is 1. The largest absolute Gasteiger partial charge is 0.493 e. The SMILES string of the molecule is CCC1(C)C(=O)N(C2CCN(C(=O)CN3C(=O)CCC3=O)CC2)N=C1c1ccc(OC)c(OC)c1. The number of carbonyl (C=O) groups is 4. The summed E-state index contributed by atoms with van der Waals surface area (Å²) in [6.07, 6.45) is 2.07. The smallest absolute Gasteiger partial charge is 0.254 e. The second-order valence-electron chi connectivity index (χ2n) is 9.34. The Morgan fingerprint density at radius 2 is 1.69 bits per heavy atom. The minimum absolute atomic E-state index is 0.0529. The molecule has 3 aliphatic rings. The Morgan fingerprint density at radius 1 is 1.06 bits per heavy atom. The van der Waals surface area contributed by atoms with Gasteiger partial charge < -0.3 is 14.4 Å². The van der Waals surface area contributed by atoms with Crippen molar-refractivity contribution in [3.05, 3.63) is 23.8 Å². The molecule has 10 nitrogen and oxygen atoms in total. The molecule has 2 saturated heterocycles. The van der Waals surface area contributed by atoms with Crippen LogP contribution in [0.4, 0.5) is 0 Å². The highest BCUT2D eigenvalue weighted by atomic mass is 16.5. The first-order valence-electron chi connectivity index (χ1n) is 12.0. The number of hydrogen-bond acceptors (Lipinski definition) is 7. The summed E-state index contributed by atoms with van der Waals surface area (Å²) >= 11 is 0. The van der Waals surface area contributed by atoms with Gasteiger partial charge in [0.25, 0.3) is 5.91 Å². The van der Waals surface area contributed by atoms with Gasteiger partial charge in [0.1, 0.15) is 6.54 Å². The van der Waals surface area contributed by atoms with Gasteiger partial charge in [0, 0.05) is 31.5 Å². The lowest BCUT2D eigenvalue weighted by atomic mass is 9.79. The number of likely N-dealkylation sites (tertiary alicyclic amines) is 2. The van der Waals surface area contributed by atoms with Crippen molar-refractivity contribution in [3.63, 3.8) is 0 Å². The number of rotatable bonds is 7. The first-order chi connectivity index (χ1) is 16.7. The first kappa shape index (κ1) is 24.7. The molecule has 188 valence electrons. The van der Waals surface area contributed by atoms with E-state index in [0.29, 0.717) is 49.6 Å². The van der Waals surface area contributed by atoms with Crippen molar-refractivity contribution < 1.29 is 28.7 Å². The van der Waals surface area contributed by atoms with E-state index in [1.165, 1.54) is 0 Å². The van der Waals surface area contributed by atoms with E-state index in [1.54, 1.807) is 30.2 Å². The molecule has 0 spiro atoms. The molecular formula is C25H32N4O6. The van der Waals surface area contributed by atoms with E-state index >= 15 is 0 Å². The molecule has 10 heteroatoms. The van der Waals surface area contributed by atoms with Crippen molar-refractivity contribution in [2.24, 2.45) is 10.5 Å². The minimum atomic E-state index is -0.775. The summed E-state index contributed by atoms with van der Waals surface area (Å²) in [7, 11) is 3.14. The highest BCUT2D eigenvalue weighted by molar-refractivity contribution is 6.19. The number of methoxy groups -OCH3 is 2. The first-order valence-corrected chi connectivity index (χ1v) is 12.0. The fraction of sp³-hybridized carbons (Fsp3) is 0.560. The molecule has 0 radical (unpaired) electrons. The second kappa shape index (κ2) is 9.67. The monoisotopic (exact) mass is 484 g/mol. The molecule has 1 aromatic rings. The summed E-state index contributed by atoms with van der Waals surface area (Å²) in [5, 5.41) is 6.38. The molecule has 1 atom stereocenters. The summed E-state index contributed by atoms with van der Waals surface area (Å²) < 4.78 is 10.8. The molecule has 0 saturated carbocycles. The normalized spacial score (nSPS) is 23.3. The van der Waals surface area contributed by atoms with Crippen LogP contribution in [0.2, 0.25) is 0 Å². The molecule has 0 N–H and O–H groups in total. The van der Waals surface area contributed by atoms with Crippen LogP contribution in [0.25, 0.3) is 0 Å². The molecule has 0 aliphatic carbocycles. The Labute approximate surface area is 204 Å². The van der Waals surface area contributed by atoms with Gasteiger partial charge in [0.2, 0.25) is 17.7 Å². The van der Waals surface area contributed by atoms with E-state index < -0.39 is 5.41 Å². The molecule has 35 heavy (non-hydrogen) atoms. The number of benzene rings is 1. The third kappa shape index (κ3) is 4.37. The highest BCUT2D eigenvalue weighted by Crippen LogP contribution is 2.39. The van der Waals surface area contributed by atoms with Crippen LogP contribution in [0.1, 0.15) is 51.5 Å². The summed E-state index contributed by atoms with van der Waals surface area (Å²) in [6, 6.07) is 5.39. The molecular weight excluding hydrogens is 452 g/mol. The number of carbonyl (C=O) groups excluding carboxylic acids is 4. The van der Waals surface area contributed by atoms with Crippen LogP contribution in [0.15, 0.2) is 23.3 Å². The van der Waals surface area contributed by atoms with Crippen LogP contribution in [0.3, 0.4) is 0 Å². The topological polar surface area (TPSA) is 109 Å². The van der Waals surface area contributed by atoms with Crippen LogP contribution >= 0.6 is 0 Å². The van der Waals surface area contributed by atoms with Crippen molar-refractivity contribution in [3.8, 4) is 11.5 Å². The van der Waals surface area contributed by atoms with Gasteiger partial charge in [0.15, 0.2) is 11.5 Å². The molecule has 1 aromatic carbocycles. The fourth-order valence-corrected chi connectivity index (χ4v) is 4.94. The number of amides is 4. The van der Waals surface area contributed by atoms with Crippen molar-refractivity contribution in [2.75, 3.05) is 33.9 Å². The van der Waals surface area contributed by atoms with Crippen LogP contribution in [-0.2, 0) is 19.2 Å². The number of imide groups is 1. The summed E-state index contributed by atoms with van der Waals surface area (Å²) in [6.45, 7) is 4.55. The molecule has 4 rings (SSSR count). The Balaban J connectivity index is 1.48. The number of hydrogen-bond donors (Lipinski definition) is 0. The fourth-order valence-electron chi connectivity index (χ4n) is 4.94. The minimum Gasteiger partial charge on any atom is -0.493 e. The third-order valence-electron chi connectivity index (χ3n) is 7.39. The maximum Gasteiger partial charge on any atom is 0.254 e. The van der Waals surface area contributed by atoms with E-state index in [1.807, 2.05) is 26.0 Å². The van der Waals surface area contributed by atoms with Gasteiger partial charge in [-0.05, 0) is 44.4 Å². The molecule has 3 aliphatic heterocycles. The zero-order valence-electron chi connectivity index (χ0n) is 20.7. The molecule has 0 bridgehead atoms. The predicted octanol–water partition coefficient (Wildman–Crippen LogP) is 1.81. The van der Waals surface area contributed by atoms with E-state index in [2.05, 4.69) is 0 Å². The number of piperidine rings is 1. The van der Waals surface area contributed by atoms with E-state index in [0.717, 1.165) is 10.5 Å². The van der Waals surface area contributed by atoms with Crippen LogP contribution < -0.4 is 9.47 Å². The van der Waals surface area contributed by atoms with Crippen molar-refractivity contribution in [1.29, 1.82) is 0 Å². The second-order valence-corrected chi connectivity index (χ2v) is 9.34. The molecule has 0 aromatic heterocycles. The van der Waals surface area contributed by atoms with Crippen molar-refractivity contribution in [2.45, 2.75) is 52.0 Å². The lowest BCUT2D eigenvalue weighted by molar-refractivity contribution is -0.147. The zero-order chi connectivity index (χ0) is 25.3. The number of nitrogens with zero attached hydrogens (tertiary/aromatic N) is 4. The summed E-state index contributed by atoms with van der Waals surface area (Å²) in [4.78, 5) is 52.6. The van der Waals surface area contributed by atoms with Gasteiger partial charge in [-0.1, -0.05) is 6.92 Å². The Kier molecular flexibility index (Phi) is 6.82. The molecule has 1 unspecified atom stereocenters. The van der Waals surface area contributed by atoms with Crippen LogP contribution in [0, 0.1) is 5.41 Å². The zero-order valence-corrected chi connectivity index (χ0v) is 20.7. The van der Waals surface area contributed by atoms with E-state index in [-0.39, 0.29) is 49.1 Å². The standard InChI is InChI=1S/C25H32N4O6/c1-5-25(2)23(16-6-7-18(34-3)19(14-16)35-4)26-29(24(25)33)17-10-12-27(13-11-17)22(32)15-28-20(30)8-9-21(28)31/h6-7,14,17H,5,8-13,15H2,1-4H3. The lowest BCUT2D eigenvalue weighted by Crippen LogP contribution is -2.50. The van der Waals surface area contributed by atoms with Gasteiger partial charge in [-0.2, -0.15) is 5.10 Å². The van der Waals surface area contributed by atoms with Gasteiger partial charge in [-0.15, -0.1) is 0 Å². The highest BCUT2D eigenvalue weighted by Gasteiger charge is 2.49. The van der Waals surface area contributed by atoms with Crippen molar-refractivity contribution >= 4 is 29.3 Å². The average molecular weight is 485 g/mol. The van der Waals surface area contributed by atoms with E-state index in [9.17, 15) is 19.2 Å². The summed E-state index contributed by atoms with van der Waals surface area (Å²) in [5.41, 5.74) is 0.717.